The zero-order chi connectivity index (χ0) is 27.0. The van der Waals surface area contributed by atoms with Crippen molar-refractivity contribution in [2.45, 2.75) is 62.9 Å². The highest BCUT2D eigenvalue weighted by atomic mass is 19.4. The average Bonchev–Trinajstić information content (AvgIpc) is 2.83. The summed E-state index contributed by atoms with van der Waals surface area (Å²) in [5, 5.41) is 3.33. The molecule has 2 aliphatic rings. The van der Waals surface area contributed by atoms with Gasteiger partial charge in [-0.3, -0.25) is 4.79 Å². The van der Waals surface area contributed by atoms with Gasteiger partial charge in [0.15, 0.2) is 6.29 Å². The van der Waals surface area contributed by atoms with Gasteiger partial charge in [-0.05, 0) is 60.7 Å². The van der Waals surface area contributed by atoms with Crippen molar-refractivity contribution in [1.29, 1.82) is 0 Å². The van der Waals surface area contributed by atoms with E-state index in [1.807, 2.05) is 0 Å². The molecule has 5 atom stereocenters. The maximum Gasteiger partial charge on any atom is 0.416 e. The monoisotopic (exact) mass is 533 g/mol. The molecule has 2 aromatic carbocycles. The summed E-state index contributed by atoms with van der Waals surface area (Å²) in [6, 6.07) is 6.69. The van der Waals surface area contributed by atoms with Crippen LogP contribution in [0.15, 0.2) is 42.5 Å². The summed E-state index contributed by atoms with van der Waals surface area (Å²) in [7, 11) is 0. The molecule has 11 heteroatoms. The van der Waals surface area contributed by atoms with Crippen molar-refractivity contribution in [3.63, 3.8) is 0 Å². The lowest BCUT2D eigenvalue weighted by molar-refractivity contribution is -0.212. The second kappa shape index (κ2) is 10.7. The molecule has 5 unspecified atom stereocenters. The molecule has 0 radical (unpaired) electrons. The van der Waals surface area contributed by atoms with Crippen LogP contribution in [-0.4, -0.2) is 31.3 Å². The number of nitrogens with one attached hydrogen (secondary N) is 1. The minimum Gasteiger partial charge on any atom is -0.352 e. The fraction of sp³-hybridized carbons (Fsp3) is 0.500. The van der Waals surface area contributed by atoms with Crippen LogP contribution in [0.3, 0.4) is 0 Å². The zero-order valence-corrected chi connectivity index (χ0v) is 19.8. The van der Waals surface area contributed by atoms with Crippen LogP contribution in [0.25, 0.3) is 0 Å². The largest absolute Gasteiger partial charge is 0.416 e. The molecule has 0 amide bonds. The highest BCUT2D eigenvalue weighted by molar-refractivity contribution is 5.80. The number of alkyl halides is 6. The van der Waals surface area contributed by atoms with Gasteiger partial charge in [-0.15, -0.1) is 0 Å². The molecular formula is C26H26F7NO3. The minimum absolute atomic E-state index is 0.0659. The van der Waals surface area contributed by atoms with Crippen LogP contribution in [0, 0.1) is 11.7 Å². The molecule has 0 saturated carbocycles. The lowest BCUT2D eigenvalue weighted by Gasteiger charge is -2.43. The van der Waals surface area contributed by atoms with Crippen molar-refractivity contribution in [3.8, 4) is 0 Å². The smallest absolute Gasteiger partial charge is 0.352 e. The Bertz CT molecular complexity index is 1070. The highest BCUT2D eigenvalue weighted by Gasteiger charge is 2.43. The van der Waals surface area contributed by atoms with Crippen molar-refractivity contribution in [3.05, 3.63) is 70.5 Å². The Labute approximate surface area is 209 Å². The SMILES string of the molecule is CC(OC1OCCC(C2CC(=O)CCN2)C1c1ccc(F)cc1)c1cc(C(F)(F)F)cc(C(F)(F)F)c1. The fourth-order valence-corrected chi connectivity index (χ4v) is 5.08. The second-order valence-electron chi connectivity index (χ2n) is 9.44. The third-order valence-corrected chi connectivity index (χ3v) is 6.94. The van der Waals surface area contributed by atoms with Crippen LogP contribution in [-0.2, 0) is 26.6 Å². The van der Waals surface area contributed by atoms with E-state index in [0.717, 1.165) is 0 Å². The molecule has 2 heterocycles. The molecular weight excluding hydrogens is 507 g/mol. The van der Waals surface area contributed by atoms with Gasteiger partial charge in [0.05, 0.1) is 23.8 Å². The molecule has 4 nitrogen and oxygen atoms in total. The van der Waals surface area contributed by atoms with E-state index in [1.54, 1.807) is 12.1 Å². The second-order valence-corrected chi connectivity index (χ2v) is 9.44. The van der Waals surface area contributed by atoms with Gasteiger partial charge in [0, 0.05) is 31.3 Å². The number of halogens is 7. The van der Waals surface area contributed by atoms with Crippen LogP contribution in [0.4, 0.5) is 30.7 Å². The Morgan fingerprint density at radius 1 is 1.00 bits per heavy atom. The molecule has 0 aromatic heterocycles. The molecule has 2 fully saturated rings. The van der Waals surface area contributed by atoms with E-state index in [2.05, 4.69) is 5.32 Å². The van der Waals surface area contributed by atoms with Gasteiger partial charge >= 0.3 is 12.4 Å². The van der Waals surface area contributed by atoms with E-state index in [9.17, 15) is 35.5 Å². The standard InChI is InChI=1S/C26H26F7NO3/c1-14(16-10-17(25(28,29)30)12-18(11-16)26(31,32)33)37-24-23(15-2-4-19(27)5-3-15)21(7-9-36-24)22-13-20(35)6-8-34-22/h2-5,10-12,14,21-24,34H,6-9,13H2,1H3. The highest BCUT2D eigenvalue weighted by Crippen LogP contribution is 2.43. The third kappa shape index (κ3) is 6.50. The van der Waals surface area contributed by atoms with Crippen LogP contribution in [0.1, 0.15) is 60.5 Å². The Kier molecular flexibility index (Phi) is 7.96. The van der Waals surface area contributed by atoms with Crippen LogP contribution in [0.2, 0.25) is 0 Å². The number of Topliss-reactive ketones (excluding diaryl/α,β-unsaturated/α-hetero) is 1. The lowest BCUT2D eigenvalue weighted by Crippen LogP contribution is -2.50. The Balaban J connectivity index is 1.67. The van der Waals surface area contributed by atoms with Crippen LogP contribution >= 0.6 is 0 Å². The molecule has 0 aliphatic carbocycles. The van der Waals surface area contributed by atoms with Gasteiger partial charge in [0.25, 0.3) is 0 Å². The van der Waals surface area contributed by atoms with Gasteiger partial charge in [-0.25, -0.2) is 4.39 Å². The van der Waals surface area contributed by atoms with E-state index < -0.39 is 47.6 Å². The van der Waals surface area contributed by atoms with Gasteiger partial charge < -0.3 is 14.8 Å². The molecule has 0 bridgehead atoms. The molecule has 1 N–H and O–H groups in total. The van der Waals surface area contributed by atoms with E-state index >= 15 is 0 Å². The number of ether oxygens (including phenoxy) is 2. The van der Waals surface area contributed by atoms with Crippen molar-refractivity contribution in [1.82, 2.24) is 5.32 Å². The van der Waals surface area contributed by atoms with Crippen molar-refractivity contribution in [2.75, 3.05) is 13.2 Å². The van der Waals surface area contributed by atoms with E-state index in [-0.39, 0.29) is 42.4 Å². The number of rotatable bonds is 5. The Hall–Kier alpha value is -2.50. The topological polar surface area (TPSA) is 47.6 Å². The number of hydrogen-bond acceptors (Lipinski definition) is 4. The number of piperidine rings is 1. The first-order chi connectivity index (χ1) is 17.3. The normalized spacial score (nSPS) is 26.2. The summed E-state index contributed by atoms with van der Waals surface area (Å²) in [6.45, 7) is 2.05. The molecule has 2 aliphatic heterocycles. The summed E-state index contributed by atoms with van der Waals surface area (Å²) in [4.78, 5) is 12.1. The molecule has 2 aromatic rings. The Morgan fingerprint density at radius 2 is 1.62 bits per heavy atom. The quantitative estimate of drug-likeness (QED) is 0.452. The van der Waals surface area contributed by atoms with E-state index in [1.165, 1.54) is 19.1 Å². The van der Waals surface area contributed by atoms with Gasteiger partial charge in [0.1, 0.15) is 11.6 Å². The summed E-state index contributed by atoms with van der Waals surface area (Å²) in [6.07, 6.45) is -11.0. The lowest BCUT2D eigenvalue weighted by atomic mass is 9.75. The van der Waals surface area contributed by atoms with Crippen LogP contribution in [0.5, 0.6) is 0 Å². The number of benzene rings is 2. The number of carbonyl (C=O) groups is 1. The van der Waals surface area contributed by atoms with Gasteiger partial charge in [-0.1, -0.05) is 12.1 Å². The molecule has 37 heavy (non-hydrogen) atoms. The van der Waals surface area contributed by atoms with Crippen molar-refractivity contribution >= 4 is 5.78 Å². The average molecular weight is 533 g/mol. The van der Waals surface area contributed by atoms with E-state index in [4.69, 9.17) is 9.47 Å². The third-order valence-electron chi connectivity index (χ3n) is 6.94. The molecule has 0 spiro atoms. The first-order valence-corrected chi connectivity index (χ1v) is 11.9. The number of hydrogen-bond donors (Lipinski definition) is 1. The number of carbonyl (C=O) groups excluding carboxylic acids is 1. The predicted molar refractivity (Wildman–Crippen MR) is 119 cm³/mol. The maximum absolute atomic E-state index is 13.7. The fourth-order valence-electron chi connectivity index (χ4n) is 5.08. The van der Waals surface area contributed by atoms with E-state index in [0.29, 0.717) is 37.1 Å². The van der Waals surface area contributed by atoms with Gasteiger partial charge in [0.2, 0.25) is 0 Å². The van der Waals surface area contributed by atoms with Crippen LogP contribution < -0.4 is 5.32 Å². The summed E-state index contributed by atoms with van der Waals surface area (Å²) in [5.74, 6) is -1.14. The molecule has 202 valence electrons. The predicted octanol–water partition coefficient (Wildman–Crippen LogP) is 6.41. The number of ketones is 1. The zero-order valence-electron chi connectivity index (χ0n) is 19.8. The Morgan fingerprint density at radius 3 is 2.19 bits per heavy atom. The van der Waals surface area contributed by atoms with Crippen molar-refractivity contribution in [2.24, 2.45) is 5.92 Å². The first kappa shape index (κ1) is 27.5. The van der Waals surface area contributed by atoms with Gasteiger partial charge in [-0.2, -0.15) is 26.3 Å². The summed E-state index contributed by atoms with van der Waals surface area (Å²) in [5.41, 5.74) is -2.55. The maximum atomic E-state index is 13.7. The summed E-state index contributed by atoms with van der Waals surface area (Å²) >= 11 is 0. The molecule has 4 rings (SSSR count). The minimum atomic E-state index is -4.99. The van der Waals surface area contributed by atoms with Crippen molar-refractivity contribution < 1.29 is 45.0 Å². The summed E-state index contributed by atoms with van der Waals surface area (Å²) < 4.78 is 106. The first-order valence-electron chi connectivity index (χ1n) is 11.9. The molecule has 2 saturated heterocycles.